The number of hydrogen-bond acceptors (Lipinski definition) is 9. The molecule has 36 heavy (non-hydrogen) atoms. The number of aryl methyl sites for hydroxylation is 1. The van der Waals surface area contributed by atoms with E-state index < -0.39 is 11.5 Å². The summed E-state index contributed by atoms with van der Waals surface area (Å²) in [5.74, 6) is -0.193. The number of ether oxygens (including phenoxy) is 2. The number of rotatable bonds is 7. The molecule has 2 aromatic heterocycles. The molecule has 0 spiro atoms. The SMILES string of the molecule is Cc1cnc(NC(=O)c2cc(Oc3cnc(C(=O)N(C)C)cn3)cc(O[C@@]3(C)CCNC3=O)c2)cn1. The van der Waals surface area contributed by atoms with Gasteiger partial charge in [-0.3, -0.25) is 19.4 Å². The van der Waals surface area contributed by atoms with E-state index in [9.17, 15) is 14.4 Å². The van der Waals surface area contributed by atoms with Crippen molar-refractivity contribution in [3.8, 4) is 17.4 Å². The Morgan fingerprint density at radius 1 is 1.03 bits per heavy atom. The molecular weight excluding hydrogens is 466 g/mol. The predicted molar refractivity (Wildman–Crippen MR) is 128 cm³/mol. The maximum Gasteiger partial charge on any atom is 0.273 e. The summed E-state index contributed by atoms with van der Waals surface area (Å²) in [4.78, 5) is 55.2. The van der Waals surface area contributed by atoms with E-state index in [4.69, 9.17) is 9.47 Å². The Bertz CT molecular complexity index is 1300. The smallest absolute Gasteiger partial charge is 0.273 e. The van der Waals surface area contributed by atoms with E-state index in [1.54, 1.807) is 34.0 Å². The van der Waals surface area contributed by atoms with Crippen LogP contribution in [0.25, 0.3) is 0 Å². The zero-order chi connectivity index (χ0) is 25.9. The number of nitrogens with zero attached hydrogens (tertiary/aromatic N) is 5. The molecule has 12 heteroatoms. The molecule has 0 aliphatic carbocycles. The summed E-state index contributed by atoms with van der Waals surface area (Å²) < 4.78 is 11.8. The van der Waals surface area contributed by atoms with E-state index in [-0.39, 0.29) is 46.3 Å². The maximum absolute atomic E-state index is 13.0. The summed E-state index contributed by atoms with van der Waals surface area (Å²) in [5.41, 5.74) is -0.0345. The second kappa shape index (κ2) is 9.94. The standard InChI is InChI=1S/C24H25N7O5/c1-14-10-28-19(12-26-14)30-21(32)15-7-16(9-17(8-15)36-24(2)5-6-25-23(24)34)35-20-13-27-18(11-29-20)22(33)31(3)4/h7-13H,5-6H2,1-4H3,(H,25,34)(H,28,30,32)/t24-/m0/s1. The Morgan fingerprint density at radius 2 is 1.81 bits per heavy atom. The van der Waals surface area contributed by atoms with Crippen LogP contribution in [0.1, 0.15) is 39.9 Å². The lowest BCUT2D eigenvalue weighted by atomic mass is 10.1. The largest absolute Gasteiger partial charge is 0.478 e. The fraction of sp³-hybridized carbons (Fsp3) is 0.292. The first-order valence-electron chi connectivity index (χ1n) is 11.1. The first kappa shape index (κ1) is 24.5. The van der Waals surface area contributed by atoms with E-state index in [2.05, 4.69) is 30.6 Å². The molecule has 1 atom stereocenters. The number of anilines is 1. The van der Waals surface area contributed by atoms with Crippen molar-refractivity contribution in [1.29, 1.82) is 0 Å². The summed E-state index contributed by atoms with van der Waals surface area (Å²) in [6.45, 7) is 3.95. The molecule has 3 heterocycles. The van der Waals surface area contributed by atoms with Crippen molar-refractivity contribution in [2.75, 3.05) is 26.0 Å². The van der Waals surface area contributed by atoms with Gasteiger partial charge in [0.2, 0.25) is 5.88 Å². The molecule has 0 unspecified atom stereocenters. The van der Waals surface area contributed by atoms with Crippen LogP contribution >= 0.6 is 0 Å². The van der Waals surface area contributed by atoms with Gasteiger partial charge >= 0.3 is 0 Å². The number of hydrogen-bond donors (Lipinski definition) is 2. The average molecular weight is 492 g/mol. The Morgan fingerprint density at radius 3 is 2.42 bits per heavy atom. The predicted octanol–water partition coefficient (Wildman–Crippen LogP) is 1.98. The lowest BCUT2D eigenvalue weighted by Gasteiger charge is -2.23. The first-order chi connectivity index (χ1) is 17.1. The molecule has 3 aromatic rings. The van der Waals surface area contributed by atoms with Crippen molar-refractivity contribution in [3.05, 3.63) is 59.9 Å². The zero-order valence-electron chi connectivity index (χ0n) is 20.2. The number of carbonyl (C=O) groups is 3. The van der Waals surface area contributed by atoms with Gasteiger partial charge in [0.05, 0.1) is 30.5 Å². The van der Waals surface area contributed by atoms with Gasteiger partial charge in [-0.15, -0.1) is 0 Å². The monoisotopic (exact) mass is 491 g/mol. The van der Waals surface area contributed by atoms with Gasteiger partial charge in [-0.25, -0.2) is 15.0 Å². The van der Waals surface area contributed by atoms with Crippen LogP contribution in [0, 0.1) is 6.92 Å². The quantitative estimate of drug-likeness (QED) is 0.506. The molecule has 2 N–H and O–H groups in total. The summed E-state index contributed by atoms with van der Waals surface area (Å²) in [6, 6.07) is 4.53. The van der Waals surface area contributed by atoms with E-state index in [1.807, 2.05) is 0 Å². The van der Waals surface area contributed by atoms with Gasteiger partial charge in [0.25, 0.3) is 17.7 Å². The minimum absolute atomic E-state index is 0.100. The molecule has 1 aliphatic rings. The van der Waals surface area contributed by atoms with Gasteiger partial charge in [0.15, 0.2) is 11.4 Å². The third kappa shape index (κ3) is 5.54. The second-order valence-corrected chi connectivity index (χ2v) is 8.57. The zero-order valence-corrected chi connectivity index (χ0v) is 20.2. The van der Waals surface area contributed by atoms with Crippen molar-refractivity contribution in [2.45, 2.75) is 25.9 Å². The van der Waals surface area contributed by atoms with Crippen LogP contribution in [0.2, 0.25) is 0 Å². The van der Waals surface area contributed by atoms with Crippen LogP contribution in [0.15, 0.2) is 43.0 Å². The van der Waals surface area contributed by atoms with Crippen molar-refractivity contribution in [3.63, 3.8) is 0 Å². The third-order valence-corrected chi connectivity index (χ3v) is 5.35. The van der Waals surface area contributed by atoms with Crippen LogP contribution in [0.4, 0.5) is 5.82 Å². The summed E-state index contributed by atoms with van der Waals surface area (Å²) in [6.07, 6.45) is 6.04. The van der Waals surface area contributed by atoms with Crippen LogP contribution in [-0.4, -0.2) is 68.8 Å². The van der Waals surface area contributed by atoms with Gasteiger partial charge in [0, 0.05) is 38.7 Å². The van der Waals surface area contributed by atoms with E-state index in [0.717, 1.165) is 0 Å². The fourth-order valence-corrected chi connectivity index (χ4v) is 3.37. The molecule has 12 nitrogen and oxygen atoms in total. The van der Waals surface area contributed by atoms with E-state index in [0.29, 0.717) is 18.7 Å². The number of benzene rings is 1. The molecular formula is C24H25N7O5. The molecule has 0 radical (unpaired) electrons. The molecule has 0 saturated carbocycles. The number of amides is 3. The van der Waals surface area contributed by atoms with Crippen molar-refractivity contribution in [1.82, 2.24) is 30.2 Å². The highest BCUT2D eigenvalue weighted by Gasteiger charge is 2.40. The Labute approximate surface area is 207 Å². The first-order valence-corrected chi connectivity index (χ1v) is 11.1. The summed E-state index contributed by atoms with van der Waals surface area (Å²) >= 11 is 0. The van der Waals surface area contributed by atoms with Gasteiger partial charge in [-0.05, 0) is 26.0 Å². The highest BCUT2D eigenvalue weighted by molar-refractivity contribution is 6.04. The maximum atomic E-state index is 13.0. The topological polar surface area (TPSA) is 149 Å². The average Bonchev–Trinajstić information content (AvgIpc) is 3.17. The highest BCUT2D eigenvalue weighted by atomic mass is 16.5. The molecule has 1 saturated heterocycles. The second-order valence-electron chi connectivity index (χ2n) is 8.57. The number of nitrogens with one attached hydrogen (secondary N) is 2. The molecule has 4 rings (SSSR count). The lowest BCUT2D eigenvalue weighted by molar-refractivity contribution is -0.131. The summed E-state index contributed by atoms with van der Waals surface area (Å²) in [5, 5.41) is 5.42. The van der Waals surface area contributed by atoms with Gasteiger partial charge < -0.3 is 25.0 Å². The normalized spacial score (nSPS) is 16.7. The molecule has 1 aliphatic heterocycles. The van der Waals surface area contributed by atoms with Crippen molar-refractivity contribution in [2.24, 2.45) is 0 Å². The van der Waals surface area contributed by atoms with Gasteiger partial charge in [-0.1, -0.05) is 0 Å². The van der Waals surface area contributed by atoms with Crippen molar-refractivity contribution >= 4 is 23.5 Å². The number of aromatic nitrogens is 4. The molecule has 1 fully saturated rings. The van der Waals surface area contributed by atoms with Crippen molar-refractivity contribution < 1.29 is 23.9 Å². The Kier molecular flexibility index (Phi) is 6.77. The molecule has 1 aromatic carbocycles. The summed E-state index contributed by atoms with van der Waals surface area (Å²) in [7, 11) is 3.22. The number of carbonyl (C=O) groups excluding carboxylic acids is 3. The molecule has 0 bridgehead atoms. The molecule has 3 amide bonds. The van der Waals surface area contributed by atoms with Gasteiger partial charge in [0.1, 0.15) is 17.2 Å². The Balaban J connectivity index is 1.62. The van der Waals surface area contributed by atoms with Crippen LogP contribution in [-0.2, 0) is 4.79 Å². The van der Waals surface area contributed by atoms with Crippen LogP contribution in [0.3, 0.4) is 0 Å². The fourth-order valence-electron chi connectivity index (χ4n) is 3.37. The third-order valence-electron chi connectivity index (χ3n) is 5.35. The van der Waals surface area contributed by atoms with Crippen LogP contribution in [0.5, 0.6) is 17.4 Å². The minimum atomic E-state index is -1.09. The lowest BCUT2D eigenvalue weighted by Crippen LogP contribution is -2.40. The van der Waals surface area contributed by atoms with E-state index in [1.165, 1.54) is 41.8 Å². The Hall–Kier alpha value is -4.61. The van der Waals surface area contributed by atoms with Crippen LogP contribution < -0.4 is 20.1 Å². The minimum Gasteiger partial charge on any atom is -0.478 e. The highest BCUT2D eigenvalue weighted by Crippen LogP contribution is 2.31. The molecule has 186 valence electrons. The van der Waals surface area contributed by atoms with E-state index >= 15 is 0 Å². The van der Waals surface area contributed by atoms with Gasteiger partial charge in [-0.2, -0.15) is 0 Å².